The van der Waals surface area contributed by atoms with Crippen LogP contribution in [0.3, 0.4) is 0 Å². The topological polar surface area (TPSA) is 70.5 Å². The fourth-order valence-corrected chi connectivity index (χ4v) is 1.39. The third-order valence-corrected chi connectivity index (χ3v) is 2.11. The van der Waals surface area contributed by atoms with Crippen molar-refractivity contribution in [3.63, 3.8) is 0 Å². The Balaban J connectivity index is 2.90. The first-order valence-electron chi connectivity index (χ1n) is 4.79. The van der Waals surface area contributed by atoms with Crippen LogP contribution in [-0.2, 0) is 4.79 Å². The van der Waals surface area contributed by atoms with Crippen molar-refractivity contribution < 1.29 is 14.7 Å². The quantitative estimate of drug-likeness (QED) is 0.638. The Morgan fingerprint density at radius 3 is 2.76 bits per heavy atom. The molecular weight excluding hydrogens is 244 g/mol. The van der Waals surface area contributed by atoms with Crippen molar-refractivity contribution in [2.45, 2.75) is 0 Å². The molecule has 1 aromatic rings. The number of carbonyl (C=O) groups excluding carboxylic acids is 1. The number of pyridine rings is 1. The molecule has 17 heavy (non-hydrogen) atoms. The highest BCUT2D eigenvalue weighted by Gasteiger charge is 2.18. The van der Waals surface area contributed by atoms with Gasteiger partial charge in [0.25, 0.3) is 5.91 Å². The standard InChI is InChI=1S/C11H11ClN2O3/c1-2-6-14(7-10(15)16)11(17)8-4-3-5-9(12)13-8/h2-5H,1,6-7H2,(H,15,16). The first-order chi connectivity index (χ1) is 8.04. The second-order valence-corrected chi connectivity index (χ2v) is 3.60. The summed E-state index contributed by atoms with van der Waals surface area (Å²) in [6, 6.07) is 4.59. The molecular formula is C11H11ClN2O3. The maximum atomic E-state index is 11.9. The molecule has 0 aliphatic rings. The van der Waals surface area contributed by atoms with Gasteiger partial charge in [0.2, 0.25) is 0 Å². The molecule has 0 aromatic carbocycles. The average Bonchev–Trinajstić information content (AvgIpc) is 2.27. The largest absolute Gasteiger partial charge is 0.480 e. The van der Waals surface area contributed by atoms with Gasteiger partial charge < -0.3 is 10.0 Å². The van der Waals surface area contributed by atoms with E-state index in [0.29, 0.717) is 0 Å². The van der Waals surface area contributed by atoms with Crippen molar-refractivity contribution >= 4 is 23.5 Å². The molecule has 90 valence electrons. The van der Waals surface area contributed by atoms with Crippen LogP contribution in [0.4, 0.5) is 0 Å². The van der Waals surface area contributed by atoms with Crippen molar-refractivity contribution in [2.24, 2.45) is 0 Å². The molecule has 0 bridgehead atoms. The Morgan fingerprint density at radius 1 is 1.53 bits per heavy atom. The monoisotopic (exact) mass is 254 g/mol. The molecule has 0 aliphatic heterocycles. The van der Waals surface area contributed by atoms with Gasteiger partial charge in [-0.25, -0.2) is 4.98 Å². The maximum absolute atomic E-state index is 11.9. The molecule has 0 aliphatic carbocycles. The Bertz CT molecular complexity index is 448. The van der Waals surface area contributed by atoms with Gasteiger partial charge in [0.05, 0.1) is 0 Å². The molecule has 5 nitrogen and oxygen atoms in total. The van der Waals surface area contributed by atoms with Gasteiger partial charge in [0.15, 0.2) is 0 Å². The number of hydrogen-bond donors (Lipinski definition) is 1. The van der Waals surface area contributed by atoms with E-state index in [9.17, 15) is 9.59 Å². The van der Waals surface area contributed by atoms with Gasteiger partial charge in [-0.05, 0) is 12.1 Å². The Hall–Kier alpha value is -1.88. The molecule has 0 spiro atoms. The number of aromatic nitrogens is 1. The molecule has 1 N–H and O–H groups in total. The van der Waals surface area contributed by atoms with Crippen LogP contribution in [0.15, 0.2) is 30.9 Å². The van der Waals surface area contributed by atoms with Crippen LogP contribution in [0.5, 0.6) is 0 Å². The second kappa shape index (κ2) is 6.00. The number of rotatable bonds is 5. The van der Waals surface area contributed by atoms with Crippen molar-refractivity contribution in [1.82, 2.24) is 9.88 Å². The van der Waals surface area contributed by atoms with E-state index in [2.05, 4.69) is 11.6 Å². The number of aliphatic carboxylic acids is 1. The maximum Gasteiger partial charge on any atom is 0.323 e. The van der Waals surface area contributed by atoms with Gasteiger partial charge in [0.1, 0.15) is 17.4 Å². The summed E-state index contributed by atoms with van der Waals surface area (Å²) in [5.74, 6) is -1.59. The zero-order chi connectivity index (χ0) is 12.8. The average molecular weight is 255 g/mol. The van der Waals surface area contributed by atoms with Crippen molar-refractivity contribution in [2.75, 3.05) is 13.1 Å². The van der Waals surface area contributed by atoms with E-state index >= 15 is 0 Å². The van der Waals surface area contributed by atoms with E-state index in [0.717, 1.165) is 4.90 Å². The number of halogens is 1. The predicted molar refractivity (Wildman–Crippen MR) is 63.0 cm³/mol. The molecule has 0 atom stereocenters. The first kappa shape index (κ1) is 13.2. The van der Waals surface area contributed by atoms with Crippen LogP contribution in [0.25, 0.3) is 0 Å². The van der Waals surface area contributed by atoms with E-state index in [4.69, 9.17) is 16.7 Å². The number of nitrogens with zero attached hydrogens (tertiary/aromatic N) is 2. The number of carboxylic acid groups (broad SMARTS) is 1. The lowest BCUT2D eigenvalue weighted by Gasteiger charge is -2.18. The molecule has 0 saturated carbocycles. The lowest BCUT2D eigenvalue weighted by molar-refractivity contribution is -0.137. The van der Waals surface area contributed by atoms with Crippen LogP contribution in [0.2, 0.25) is 5.15 Å². The summed E-state index contributed by atoms with van der Waals surface area (Å²) in [7, 11) is 0. The highest BCUT2D eigenvalue weighted by molar-refractivity contribution is 6.29. The van der Waals surface area contributed by atoms with Crippen LogP contribution in [0, 0.1) is 0 Å². The van der Waals surface area contributed by atoms with Crippen LogP contribution in [0.1, 0.15) is 10.5 Å². The summed E-state index contributed by atoms with van der Waals surface area (Å²) >= 11 is 5.66. The second-order valence-electron chi connectivity index (χ2n) is 3.21. The summed E-state index contributed by atoms with van der Waals surface area (Å²) < 4.78 is 0. The van der Waals surface area contributed by atoms with E-state index in [1.807, 2.05) is 0 Å². The minimum atomic E-state index is -1.10. The number of carbonyl (C=O) groups is 2. The summed E-state index contributed by atoms with van der Waals surface area (Å²) in [5.41, 5.74) is 0.112. The van der Waals surface area contributed by atoms with Gasteiger partial charge >= 0.3 is 5.97 Å². The summed E-state index contributed by atoms with van der Waals surface area (Å²) in [6.45, 7) is 3.20. The van der Waals surface area contributed by atoms with E-state index < -0.39 is 18.4 Å². The fraction of sp³-hybridized carbons (Fsp3) is 0.182. The SMILES string of the molecule is C=CCN(CC(=O)O)C(=O)c1cccc(Cl)n1. The zero-order valence-electron chi connectivity index (χ0n) is 8.97. The Kier molecular flexibility index (Phi) is 4.66. The van der Waals surface area contributed by atoms with Gasteiger partial charge in [-0.1, -0.05) is 23.7 Å². The van der Waals surface area contributed by atoms with Crippen molar-refractivity contribution in [3.05, 3.63) is 41.7 Å². The summed E-state index contributed by atoms with van der Waals surface area (Å²) in [4.78, 5) is 27.5. The minimum Gasteiger partial charge on any atom is -0.480 e. The Labute approximate surface area is 103 Å². The van der Waals surface area contributed by atoms with Crippen molar-refractivity contribution in [1.29, 1.82) is 0 Å². The van der Waals surface area contributed by atoms with Crippen molar-refractivity contribution in [3.8, 4) is 0 Å². The molecule has 0 fully saturated rings. The highest BCUT2D eigenvalue weighted by atomic mass is 35.5. The minimum absolute atomic E-state index is 0.112. The van der Waals surface area contributed by atoms with Crippen LogP contribution >= 0.6 is 11.6 Å². The third kappa shape index (κ3) is 3.88. The number of amides is 1. The lowest BCUT2D eigenvalue weighted by atomic mass is 10.3. The summed E-state index contributed by atoms with van der Waals surface area (Å²) in [5, 5.41) is 8.87. The van der Waals surface area contributed by atoms with Crippen LogP contribution in [-0.4, -0.2) is 40.0 Å². The van der Waals surface area contributed by atoms with Crippen LogP contribution < -0.4 is 0 Å². The molecule has 1 aromatic heterocycles. The zero-order valence-corrected chi connectivity index (χ0v) is 9.72. The van der Waals surface area contributed by atoms with Gasteiger partial charge in [-0.15, -0.1) is 6.58 Å². The highest BCUT2D eigenvalue weighted by Crippen LogP contribution is 2.08. The Morgan fingerprint density at radius 2 is 2.24 bits per heavy atom. The normalized spacial score (nSPS) is 9.71. The molecule has 1 heterocycles. The number of hydrogen-bond acceptors (Lipinski definition) is 3. The van der Waals surface area contributed by atoms with Gasteiger partial charge in [-0.2, -0.15) is 0 Å². The first-order valence-corrected chi connectivity index (χ1v) is 5.17. The van der Waals surface area contributed by atoms with E-state index in [1.165, 1.54) is 18.2 Å². The van der Waals surface area contributed by atoms with Gasteiger partial charge in [0, 0.05) is 6.54 Å². The van der Waals surface area contributed by atoms with E-state index in [1.54, 1.807) is 6.07 Å². The fourth-order valence-electron chi connectivity index (χ4n) is 1.23. The van der Waals surface area contributed by atoms with Gasteiger partial charge in [-0.3, -0.25) is 9.59 Å². The molecule has 6 heteroatoms. The lowest BCUT2D eigenvalue weighted by Crippen LogP contribution is -2.36. The molecule has 0 unspecified atom stereocenters. The molecule has 0 radical (unpaired) electrons. The molecule has 0 saturated heterocycles. The molecule has 1 rings (SSSR count). The smallest absolute Gasteiger partial charge is 0.323 e. The molecule has 1 amide bonds. The summed E-state index contributed by atoms with van der Waals surface area (Å²) in [6.07, 6.45) is 1.45. The third-order valence-electron chi connectivity index (χ3n) is 1.90. The predicted octanol–water partition coefficient (Wildman–Crippen LogP) is 1.45. The van der Waals surface area contributed by atoms with E-state index in [-0.39, 0.29) is 17.4 Å². The number of carboxylic acids is 1.